The van der Waals surface area contributed by atoms with E-state index in [2.05, 4.69) is 4.98 Å². The van der Waals surface area contributed by atoms with Crippen molar-refractivity contribution >= 4 is 22.5 Å². The average molecular weight is 267 g/mol. The van der Waals surface area contributed by atoms with Crippen LogP contribution >= 0.6 is 0 Å². The number of nitrogens with two attached hydrogens (primary N) is 2. The van der Waals surface area contributed by atoms with Crippen LogP contribution < -0.4 is 11.5 Å². The number of benzene rings is 2. The summed E-state index contributed by atoms with van der Waals surface area (Å²) in [4.78, 5) is 4.59. The Balaban J connectivity index is 2.26. The summed E-state index contributed by atoms with van der Waals surface area (Å²) in [6.07, 6.45) is 0. The lowest BCUT2D eigenvalue weighted by Crippen LogP contribution is -1.94. The van der Waals surface area contributed by atoms with E-state index in [1.165, 1.54) is 0 Å². The SMILES string of the molecule is Cc1cc(N)ccc1-c1nc2c(C)c(N)c(C)cc2o1. The maximum Gasteiger partial charge on any atom is 0.227 e. The molecule has 3 rings (SSSR count). The zero-order valence-electron chi connectivity index (χ0n) is 11.8. The summed E-state index contributed by atoms with van der Waals surface area (Å²) in [6.45, 7) is 5.93. The van der Waals surface area contributed by atoms with Crippen LogP contribution in [0.25, 0.3) is 22.6 Å². The standard InChI is InChI=1S/C16H17N3O/c1-8-6-11(17)4-5-12(8)16-19-15-10(3)14(18)9(2)7-13(15)20-16/h4-7H,17-18H2,1-3H3. The fraction of sp³-hybridized carbons (Fsp3) is 0.188. The van der Waals surface area contributed by atoms with Crippen LogP contribution in [0.15, 0.2) is 28.7 Å². The summed E-state index contributed by atoms with van der Waals surface area (Å²) in [6, 6.07) is 7.63. The highest BCUT2D eigenvalue weighted by Gasteiger charge is 2.14. The normalized spacial score (nSPS) is 11.2. The second-order valence-corrected chi connectivity index (χ2v) is 5.17. The van der Waals surface area contributed by atoms with Crippen molar-refractivity contribution in [2.45, 2.75) is 20.8 Å². The van der Waals surface area contributed by atoms with E-state index >= 15 is 0 Å². The highest BCUT2D eigenvalue weighted by atomic mass is 16.3. The second-order valence-electron chi connectivity index (χ2n) is 5.17. The van der Waals surface area contributed by atoms with Gasteiger partial charge in [0.15, 0.2) is 5.58 Å². The van der Waals surface area contributed by atoms with E-state index in [4.69, 9.17) is 15.9 Å². The molecule has 0 spiro atoms. The van der Waals surface area contributed by atoms with E-state index in [0.29, 0.717) is 5.89 Å². The van der Waals surface area contributed by atoms with Crippen molar-refractivity contribution in [3.05, 3.63) is 41.0 Å². The molecule has 0 atom stereocenters. The molecule has 2 aromatic carbocycles. The Labute approximate surface area is 117 Å². The van der Waals surface area contributed by atoms with Crippen LogP contribution in [0.4, 0.5) is 11.4 Å². The first-order chi connectivity index (χ1) is 9.47. The monoisotopic (exact) mass is 267 g/mol. The van der Waals surface area contributed by atoms with Crippen molar-refractivity contribution in [1.29, 1.82) is 0 Å². The van der Waals surface area contributed by atoms with Gasteiger partial charge in [0, 0.05) is 22.5 Å². The van der Waals surface area contributed by atoms with Crippen LogP contribution in [0, 0.1) is 20.8 Å². The Morgan fingerprint density at radius 1 is 1.00 bits per heavy atom. The molecule has 0 unspecified atom stereocenters. The van der Waals surface area contributed by atoms with Gasteiger partial charge in [-0.25, -0.2) is 4.98 Å². The number of nitrogens with zero attached hydrogens (tertiary/aromatic N) is 1. The summed E-state index contributed by atoms with van der Waals surface area (Å²) in [5.41, 5.74) is 18.9. The fourth-order valence-electron chi connectivity index (χ4n) is 2.44. The predicted octanol–water partition coefficient (Wildman–Crippen LogP) is 3.58. The maximum absolute atomic E-state index is 6.05. The third-order valence-corrected chi connectivity index (χ3v) is 3.67. The van der Waals surface area contributed by atoms with Gasteiger partial charge in [0.2, 0.25) is 5.89 Å². The van der Waals surface area contributed by atoms with Crippen LogP contribution in [0.5, 0.6) is 0 Å². The molecule has 0 aliphatic carbocycles. The molecule has 1 aromatic heterocycles. The summed E-state index contributed by atoms with van der Waals surface area (Å²) in [5, 5.41) is 0. The van der Waals surface area contributed by atoms with Crippen molar-refractivity contribution in [2.75, 3.05) is 11.5 Å². The van der Waals surface area contributed by atoms with Crippen LogP contribution in [-0.2, 0) is 0 Å². The van der Waals surface area contributed by atoms with Gasteiger partial charge >= 0.3 is 0 Å². The molecule has 3 aromatic rings. The van der Waals surface area contributed by atoms with Gasteiger partial charge in [-0.05, 0) is 56.2 Å². The molecular formula is C16H17N3O. The molecule has 0 fully saturated rings. The van der Waals surface area contributed by atoms with Gasteiger partial charge in [0.1, 0.15) is 5.52 Å². The number of aryl methyl sites for hydroxylation is 3. The fourth-order valence-corrected chi connectivity index (χ4v) is 2.44. The molecule has 0 aliphatic rings. The zero-order valence-corrected chi connectivity index (χ0v) is 11.8. The molecule has 4 nitrogen and oxygen atoms in total. The minimum absolute atomic E-state index is 0.602. The lowest BCUT2D eigenvalue weighted by molar-refractivity contribution is 0.619. The van der Waals surface area contributed by atoms with Crippen molar-refractivity contribution in [1.82, 2.24) is 4.98 Å². The number of anilines is 2. The Morgan fingerprint density at radius 3 is 2.45 bits per heavy atom. The number of hydrogen-bond acceptors (Lipinski definition) is 4. The van der Waals surface area contributed by atoms with Gasteiger partial charge in [-0.2, -0.15) is 0 Å². The Morgan fingerprint density at radius 2 is 1.75 bits per heavy atom. The predicted molar refractivity (Wildman–Crippen MR) is 82.5 cm³/mol. The zero-order chi connectivity index (χ0) is 14.4. The number of nitrogen functional groups attached to an aromatic ring is 2. The van der Waals surface area contributed by atoms with E-state index in [1.54, 1.807) is 0 Å². The molecule has 20 heavy (non-hydrogen) atoms. The Hall–Kier alpha value is -2.49. The molecular weight excluding hydrogens is 250 g/mol. The van der Waals surface area contributed by atoms with Gasteiger partial charge in [-0.15, -0.1) is 0 Å². The highest BCUT2D eigenvalue weighted by Crippen LogP contribution is 2.32. The molecule has 0 saturated carbocycles. The number of rotatable bonds is 1. The summed E-state index contributed by atoms with van der Waals surface area (Å²) in [5.74, 6) is 0.602. The molecule has 0 saturated heterocycles. The van der Waals surface area contributed by atoms with E-state index in [9.17, 15) is 0 Å². The topological polar surface area (TPSA) is 78.1 Å². The first kappa shape index (κ1) is 12.5. The molecule has 0 aliphatic heterocycles. The second kappa shape index (κ2) is 4.27. The Kier molecular flexibility index (Phi) is 2.67. The van der Waals surface area contributed by atoms with E-state index in [1.807, 2.05) is 45.0 Å². The third kappa shape index (κ3) is 1.81. The number of oxazole rings is 1. The van der Waals surface area contributed by atoms with E-state index in [0.717, 1.165) is 44.7 Å². The van der Waals surface area contributed by atoms with Crippen molar-refractivity contribution < 1.29 is 4.42 Å². The molecule has 0 amide bonds. The summed E-state index contributed by atoms with van der Waals surface area (Å²) >= 11 is 0. The molecule has 102 valence electrons. The third-order valence-electron chi connectivity index (χ3n) is 3.67. The first-order valence-corrected chi connectivity index (χ1v) is 6.50. The number of aromatic nitrogens is 1. The highest BCUT2D eigenvalue weighted by molar-refractivity contribution is 5.86. The smallest absolute Gasteiger partial charge is 0.227 e. The van der Waals surface area contributed by atoms with Gasteiger partial charge in [0.25, 0.3) is 0 Å². The molecule has 4 heteroatoms. The molecule has 1 heterocycles. The minimum Gasteiger partial charge on any atom is -0.436 e. The van der Waals surface area contributed by atoms with Crippen molar-refractivity contribution in [3.8, 4) is 11.5 Å². The summed E-state index contributed by atoms with van der Waals surface area (Å²) < 4.78 is 5.88. The number of fused-ring (bicyclic) bond motifs is 1. The molecule has 0 radical (unpaired) electrons. The van der Waals surface area contributed by atoms with Gasteiger partial charge in [0.05, 0.1) is 0 Å². The number of hydrogen-bond donors (Lipinski definition) is 2. The van der Waals surface area contributed by atoms with E-state index < -0.39 is 0 Å². The maximum atomic E-state index is 6.05. The van der Waals surface area contributed by atoms with Crippen LogP contribution in [0.2, 0.25) is 0 Å². The molecule has 4 N–H and O–H groups in total. The van der Waals surface area contributed by atoms with Crippen molar-refractivity contribution in [2.24, 2.45) is 0 Å². The van der Waals surface area contributed by atoms with Crippen LogP contribution in [0.3, 0.4) is 0 Å². The van der Waals surface area contributed by atoms with Crippen LogP contribution in [-0.4, -0.2) is 4.98 Å². The van der Waals surface area contributed by atoms with E-state index in [-0.39, 0.29) is 0 Å². The van der Waals surface area contributed by atoms with Gasteiger partial charge in [-0.1, -0.05) is 0 Å². The molecule has 0 bridgehead atoms. The first-order valence-electron chi connectivity index (χ1n) is 6.50. The van der Waals surface area contributed by atoms with Crippen molar-refractivity contribution in [3.63, 3.8) is 0 Å². The van der Waals surface area contributed by atoms with Gasteiger partial charge < -0.3 is 15.9 Å². The summed E-state index contributed by atoms with van der Waals surface area (Å²) in [7, 11) is 0. The van der Waals surface area contributed by atoms with Gasteiger partial charge in [-0.3, -0.25) is 0 Å². The van der Waals surface area contributed by atoms with Crippen LogP contribution in [0.1, 0.15) is 16.7 Å². The quantitative estimate of drug-likeness (QED) is 0.660. The lowest BCUT2D eigenvalue weighted by Gasteiger charge is -2.02. The lowest BCUT2D eigenvalue weighted by atomic mass is 10.1. The average Bonchev–Trinajstić information content (AvgIpc) is 2.80. The minimum atomic E-state index is 0.602. The Bertz CT molecular complexity index is 818. The largest absolute Gasteiger partial charge is 0.436 e.